The minimum absolute atomic E-state index is 0.0460. The number of hydrogen-bond acceptors (Lipinski definition) is 3. The fourth-order valence-electron chi connectivity index (χ4n) is 1.54. The molecule has 1 aliphatic rings. The van der Waals surface area contributed by atoms with Gasteiger partial charge in [0, 0.05) is 11.0 Å². The molecule has 1 aromatic carbocycles. The van der Waals surface area contributed by atoms with E-state index in [0.717, 1.165) is 17.1 Å². The van der Waals surface area contributed by atoms with E-state index in [-0.39, 0.29) is 12.8 Å². The van der Waals surface area contributed by atoms with E-state index in [0.29, 0.717) is 6.42 Å². The Morgan fingerprint density at radius 1 is 1.47 bits per heavy atom. The van der Waals surface area contributed by atoms with Crippen molar-refractivity contribution in [3.63, 3.8) is 0 Å². The number of fused-ring (bicyclic) bond motifs is 1. The number of azide groups is 1. The van der Waals surface area contributed by atoms with E-state index in [4.69, 9.17) is 15.0 Å². The van der Waals surface area contributed by atoms with Gasteiger partial charge in [-0.05, 0) is 29.6 Å². The third-order valence-electron chi connectivity index (χ3n) is 2.22. The van der Waals surface area contributed by atoms with Crippen LogP contribution in [0.5, 0.6) is 11.5 Å². The SMILES string of the molecule is C[C@H](Cc1ccc2c(c1)OCO2)N=[N+]=[N-]. The van der Waals surface area contributed by atoms with Crippen LogP contribution in [-0.2, 0) is 6.42 Å². The van der Waals surface area contributed by atoms with Gasteiger partial charge in [-0.3, -0.25) is 0 Å². The van der Waals surface area contributed by atoms with E-state index >= 15 is 0 Å². The van der Waals surface area contributed by atoms with Crippen LogP contribution in [0.25, 0.3) is 10.4 Å². The van der Waals surface area contributed by atoms with Crippen LogP contribution in [0.1, 0.15) is 12.5 Å². The summed E-state index contributed by atoms with van der Waals surface area (Å²) in [5, 5.41) is 3.62. The summed E-state index contributed by atoms with van der Waals surface area (Å²) in [5.74, 6) is 1.54. The Bertz CT molecular complexity index is 413. The molecular weight excluding hydrogens is 194 g/mol. The second kappa shape index (κ2) is 4.11. The van der Waals surface area contributed by atoms with Crippen LogP contribution in [0.4, 0.5) is 0 Å². The molecule has 0 aliphatic carbocycles. The molecule has 0 fully saturated rings. The Morgan fingerprint density at radius 2 is 2.27 bits per heavy atom. The summed E-state index contributed by atoms with van der Waals surface area (Å²) in [4.78, 5) is 2.77. The first kappa shape index (κ1) is 9.68. The van der Waals surface area contributed by atoms with E-state index in [1.54, 1.807) is 0 Å². The second-order valence-electron chi connectivity index (χ2n) is 3.45. The van der Waals surface area contributed by atoms with Crippen molar-refractivity contribution in [3.8, 4) is 11.5 Å². The van der Waals surface area contributed by atoms with Gasteiger partial charge in [0.15, 0.2) is 11.5 Å². The van der Waals surface area contributed by atoms with Crippen LogP contribution in [-0.4, -0.2) is 12.8 Å². The molecule has 78 valence electrons. The molecule has 0 spiro atoms. The van der Waals surface area contributed by atoms with Crippen LogP contribution < -0.4 is 9.47 Å². The number of rotatable bonds is 3. The first-order valence-corrected chi connectivity index (χ1v) is 4.72. The van der Waals surface area contributed by atoms with Crippen LogP contribution in [0.2, 0.25) is 0 Å². The van der Waals surface area contributed by atoms with Crippen molar-refractivity contribution in [2.45, 2.75) is 19.4 Å². The molecule has 0 N–H and O–H groups in total. The lowest BCUT2D eigenvalue weighted by Gasteiger charge is -2.05. The van der Waals surface area contributed by atoms with Crippen molar-refractivity contribution < 1.29 is 9.47 Å². The topological polar surface area (TPSA) is 67.2 Å². The number of nitrogens with zero attached hydrogens (tertiary/aromatic N) is 3. The molecule has 0 radical (unpaired) electrons. The maximum atomic E-state index is 8.28. The van der Waals surface area contributed by atoms with Gasteiger partial charge in [-0.1, -0.05) is 18.1 Å². The van der Waals surface area contributed by atoms with Gasteiger partial charge in [0.05, 0.1) is 0 Å². The summed E-state index contributed by atoms with van der Waals surface area (Å²) < 4.78 is 10.5. The predicted molar refractivity (Wildman–Crippen MR) is 54.9 cm³/mol. The average Bonchev–Trinajstić information content (AvgIpc) is 2.65. The molecule has 0 saturated carbocycles. The Balaban J connectivity index is 2.13. The fourth-order valence-corrected chi connectivity index (χ4v) is 1.54. The summed E-state index contributed by atoms with van der Waals surface area (Å²) >= 11 is 0. The summed E-state index contributed by atoms with van der Waals surface area (Å²) in [7, 11) is 0. The van der Waals surface area contributed by atoms with Gasteiger partial charge in [-0.2, -0.15) is 0 Å². The number of ether oxygens (including phenoxy) is 2. The summed E-state index contributed by atoms with van der Waals surface area (Å²) in [6, 6.07) is 5.71. The molecular formula is C10H11N3O2. The molecule has 1 aliphatic heterocycles. The lowest BCUT2D eigenvalue weighted by atomic mass is 10.1. The molecule has 0 unspecified atom stereocenters. The fraction of sp³-hybridized carbons (Fsp3) is 0.400. The number of hydrogen-bond donors (Lipinski definition) is 0. The zero-order valence-corrected chi connectivity index (χ0v) is 8.38. The minimum Gasteiger partial charge on any atom is -0.454 e. The van der Waals surface area contributed by atoms with Crippen LogP contribution in [0, 0.1) is 0 Å². The normalized spacial score (nSPS) is 14.5. The highest BCUT2D eigenvalue weighted by atomic mass is 16.7. The Hall–Kier alpha value is -1.87. The summed E-state index contributed by atoms with van der Waals surface area (Å²) in [5.41, 5.74) is 9.37. The standard InChI is InChI=1S/C10H11N3O2/c1-7(12-13-11)4-8-2-3-9-10(5-8)15-6-14-9/h2-3,5,7H,4,6H2,1H3/t7-/m1/s1. The molecule has 1 heterocycles. The second-order valence-corrected chi connectivity index (χ2v) is 3.45. The first-order chi connectivity index (χ1) is 7.29. The Kier molecular flexibility index (Phi) is 2.65. The monoisotopic (exact) mass is 205 g/mol. The van der Waals surface area contributed by atoms with Crippen LogP contribution in [0.15, 0.2) is 23.3 Å². The van der Waals surface area contributed by atoms with Gasteiger partial charge in [0.2, 0.25) is 6.79 Å². The molecule has 0 saturated heterocycles. The van der Waals surface area contributed by atoms with Gasteiger partial charge in [-0.15, -0.1) is 0 Å². The van der Waals surface area contributed by atoms with E-state index < -0.39 is 0 Å². The van der Waals surface area contributed by atoms with Crippen molar-refractivity contribution >= 4 is 0 Å². The lowest BCUT2D eigenvalue weighted by Crippen LogP contribution is -2.01. The molecule has 2 rings (SSSR count). The third-order valence-corrected chi connectivity index (χ3v) is 2.22. The largest absolute Gasteiger partial charge is 0.454 e. The maximum Gasteiger partial charge on any atom is 0.231 e. The molecule has 0 aromatic heterocycles. The highest BCUT2D eigenvalue weighted by Crippen LogP contribution is 2.32. The molecule has 1 aromatic rings. The molecule has 1 atom stereocenters. The van der Waals surface area contributed by atoms with Crippen LogP contribution in [0.3, 0.4) is 0 Å². The minimum atomic E-state index is -0.0460. The van der Waals surface area contributed by atoms with Crippen molar-refractivity contribution in [2.24, 2.45) is 5.11 Å². The maximum absolute atomic E-state index is 8.28. The smallest absolute Gasteiger partial charge is 0.231 e. The molecule has 5 nitrogen and oxygen atoms in total. The zero-order chi connectivity index (χ0) is 10.7. The van der Waals surface area contributed by atoms with Crippen molar-refractivity contribution in [1.82, 2.24) is 0 Å². The van der Waals surface area contributed by atoms with Gasteiger partial charge < -0.3 is 9.47 Å². The molecule has 5 heteroatoms. The zero-order valence-electron chi connectivity index (χ0n) is 8.38. The quantitative estimate of drug-likeness (QED) is 0.432. The van der Waals surface area contributed by atoms with Gasteiger partial charge in [0.1, 0.15) is 0 Å². The van der Waals surface area contributed by atoms with E-state index in [1.807, 2.05) is 25.1 Å². The van der Waals surface area contributed by atoms with E-state index in [9.17, 15) is 0 Å². The average molecular weight is 205 g/mol. The number of benzene rings is 1. The van der Waals surface area contributed by atoms with Gasteiger partial charge >= 0.3 is 0 Å². The van der Waals surface area contributed by atoms with Crippen LogP contribution >= 0.6 is 0 Å². The summed E-state index contributed by atoms with van der Waals surface area (Å²) in [6.07, 6.45) is 0.709. The first-order valence-electron chi connectivity index (χ1n) is 4.72. The van der Waals surface area contributed by atoms with E-state index in [2.05, 4.69) is 10.0 Å². The third kappa shape index (κ3) is 2.14. The van der Waals surface area contributed by atoms with Crippen molar-refractivity contribution in [2.75, 3.05) is 6.79 Å². The highest BCUT2D eigenvalue weighted by molar-refractivity contribution is 5.44. The Morgan fingerprint density at radius 3 is 3.07 bits per heavy atom. The highest BCUT2D eigenvalue weighted by Gasteiger charge is 2.13. The predicted octanol–water partition coefficient (Wildman–Crippen LogP) is 2.66. The molecule has 0 amide bonds. The Labute approximate surface area is 87.2 Å². The van der Waals surface area contributed by atoms with Crippen molar-refractivity contribution in [1.29, 1.82) is 0 Å². The van der Waals surface area contributed by atoms with Gasteiger partial charge in [-0.25, -0.2) is 0 Å². The van der Waals surface area contributed by atoms with Gasteiger partial charge in [0.25, 0.3) is 0 Å². The summed E-state index contributed by atoms with van der Waals surface area (Å²) in [6.45, 7) is 2.16. The molecule has 0 bridgehead atoms. The lowest BCUT2D eigenvalue weighted by molar-refractivity contribution is 0.174. The van der Waals surface area contributed by atoms with E-state index in [1.165, 1.54) is 0 Å². The van der Waals surface area contributed by atoms with Crippen molar-refractivity contribution in [3.05, 3.63) is 34.2 Å². The molecule has 15 heavy (non-hydrogen) atoms.